The monoisotopic (exact) mass is 368 g/mol. The van der Waals surface area contributed by atoms with E-state index in [9.17, 15) is 14.9 Å². The van der Waals surface area contributed by atoms with Crippen LogP contribution in [0.25, 0.3) is 11.5 Å². The number of H-pyrrole nitrogens is 1. The minimum absolute atomic E-state index is 0.0388. The molecule has 0 radical (unpaired) electrons. The molecule has 0 aliphatic carbocycles. The van der Waals surface area contributed by atoms with Gasteiger partial charge in [-0.1, -0.05) is 12.1 Å². The van der Waals surface area contributed by atoms with E-state index in [0.717, 1.165) is 0 Å². The fraction of sp³-hybridized carbons (Fsp3) is 0.222. The van der Waals surface area contributed by atoms with Gasteiger partial charge in [0.2, 0.25) is 0 Å². The van der Waals surface area contributed by atoms with E-state index in [1.807, 2.05) is 0 Å². The summed E-state index contributed by atoms with van der Waals surface area (Å²) in [4.78, 5) is 25.3. The minimum Gasteiger partial charge on any atom is -0.463 e. The van der Waals surface area contributed by atoms with Gasteiger partial charge in [0.1, 0.15) is 5.69 Å². The fourth-order valence-corrected chi connectivity index (χ4v) is 3.37. The normalized spacial score (nSPS) is 16.0. The Labute approximate surface area is 153 Å². The maximum absolute atomic E-state index is 12.9. The van der Waals surface area contributed by atoms with Crippen LogP contribution < -0.4 is 0 Å². The molecule has 4 rings (SSSR count). The van der Waals surface area contributed by atoms with E-state index < -0.39 is 11.0 Å². The summed E-state index contributed by atoms with van der Waals surface area (Å²) in [5.41, 5.74) is 2.10. The number of hydrogen-bond acceptors (Lipinski definition) is 6. The van der Waals surface area contributed by atoms with Crippen molar-refractivity contribution in [3.05, 3.63) is 69.6 Å². The van der Waals surface area contributed by atoms with E-state index in [0.29, 0.717) is 35.7 Å². The lowest BCUT2D eigenvalue weighted by Gasteiger charge is -2.25. The number of fused-ring (bicyclic) bond motifs is 1. The zero-order chi connectivity index (χ0) is 19.0. The van der Waals surface area contributed by atoms with Crippen LogP contribution in [0.4, 0.5) is 5.69 Å². The number of benzene rings is 1. The second-order valence-electron chi connectivity index (χ2n) is 6.08. The molecule has 0 bridgehead atoms. The van der Waals surface area contributed by atoms with Crippen molar-refractivity contribution in [1.82, 2.24) is 15.1 Å². The van der Waals surface area contributed by atoms with Gasteiger partial charge in [-0.3, -0.25) is 20.0 Å². The fourth-order valence-electron chi connectivity index (χ4n) is 3.37. The van der Waals surface area contributed by atoms with Crippen LogP contribution in [0.3, 0.4) is 0 Å². The van der Waals surface area contributed by atoms with Gasteiger partial charge in [0.25, 0.3) is 11.6 Å². The molecule has 3 heterocycles. The Morgan fingerprint density at radius 3 is 2.93 bits per heavy atom. The molecule has 0 saturated heterocycles. The number of methoxy groups -OCH3 is 1. The molecule has 9 heteroatoms. The molecule has 0 spiro atoms. The van der Waals surface area contributed by atoms with E-state index >= 15 is 0 Å². The van der Waals surface area contributed by atoms with Crippen LogP contribution in [0.5, 0.6) is 0 Å². The molecule has 3 aromatic rings. The van der Waals surface area contributed by atoms with Crippen LogP contribution in [0, 0.1) is 10.1 Å². The number of rotatable bonds is 6. The summed E-state index contributed by atoms with van der Waals surface area (Å²) in [7, 11) is 1.55. The largest absolute Gasteiger partial charge is 0.463 e. The Balaban J connectivity index is 1.87. The highest BCUT2D eigenvalue weighted by Gasteiger charge is 2.43. The molecule has 1 aliphatic rings. The van der Waals surface area contributed by atoms with Crippen molar-refractivity contribution in [3.63, 3.8) is 0 Å². The van der Waals surface area contributed by atoms with Gasteiger partial charge in [-0.15, -0.1) is 0 Å². The maximum Gasteiger partial charge on any atom is 0.275 e. The molecule has 2 aromatic heterocycles. The van der Waals surface area contributed by atoms with E-state index in [2.05, 4.69) is 10.2 Å². The maximum atomic E-state index is 12.9. The van der Waals surface area contributed by atoms with Crippen molar-refractivity contribution in [2.75, 3.05) is 20.3 Å². The van der Waals surface area contributed by atoms with Gasteiger partial charge in [0.05, 0.1) is 23.8 Å². The molecule has 1 aliphatic heterocycles. The van der Waals surface area contributed by atoms with Gasteiger partial charge in [-0.2, -0.15) is 5.10 Å². The van der Waals surface area contributed by atoms with Crippen LogP contribution in [0.2, 0.25) is 0 Å². The molecule has 0 saturated carbocycles. The van der Waals surface area contributed by atoms with Crippen molar-refractivity contribution in [2.24, 2.45) is 0 Å². The minimum atomic E-state index is -0.526. The number of non-ortho nitro benzene ring substituents is 1. The first kappa shape index (κ1) is 17.0. The molecule has 27 heavy (non-hydrogen) atoms. The summed E-state index contributed by atoms with van der Waals surface area (Å²) in [5, 5.41) is 18.2. The molecular formula is C18H16N4O5. The zero-order valence-electron chi connectivity index (χ0n) is 14.4. The molecule has 1 aromatic carbocycles. The summed E-state index contributed by atoms with van der Waals surface area (Å²) in [6.07, 6.45) is 1.53. The van der Waals surface area contributed by atoms with Gasteiger partial charge < -0.3 is 14.1 Å². The zero-order valence-corrected chi connectivity index (χ0v) is 14.4. The number of aromatic nitrogens is 2. The predicted molar refractivity (Wildman–Crippen MR) is 94.1 cm³/mol. The molecule has 1 unspecified atom stereocenters. The number of amides is 1. The molecular weight excluding hydrogens is 352 g/mol. The lowest BCUT2D eigenvalue weighted by Crippen LogP contribution is -2.32. The Morgan fingerprint density at radius 1 is 1.37 bits per heavy atom. The lowest BCUT2D eigenvalue weighted by molar-refractivity contribution is -0.384. The lowest BCUT2D eigenvalue weighted by atomic mass is 9.97. The number of furan rings is 1. The van der Waals surface area contributed by atoms with Crippen molar-refractivity contribution >= 4 is 11.6 Å². The average Bonchev–Trinajstić information content (AvgIpc) is 3.38. The smallest absolute Gasteiger partial charge is 0.275 e. The summed E-state index contributed by atoms with van der Waals surface area (Å²) >= 11 is 0. The molecule has 1 atom stereocenters. The Kier molecular flexibility index (Phi) is 4.21. The molecule has 0 fully saturated rings. The van der Waals surface area contributed by atoms with Gasteiger partial charge >= 0.3 is 0 Å². The summed E-state index contributed by atoms with van der Waals surface area (Å²) in [6.45, 7) is 0.665. The first-order valence-electron chi connectivity index (χ1n) is 8.28. The first-order valence-corrected chi connectivity index (χ1v) is 8.28. The third-order valence-electron chi connectivity index (χ3n) is 4.55. The second kappa shape index (κ2) is 6.69. The van der Waals surface area contributed by atoms with Crippen LogP contribution >= 0.6 is 0 Å². The van der Waals surface area contributed by atoms with E-state index in [1.165, 1.54) is 18.4 Å². The Bertz CT molecular complexity index is 995. The van der Waals surface area contributed by atoms with Crippen molar-refractivity contribution in [3.8, 4) is 11.5 Å². The number of carbonyl (C=O) groups excluding carboxylic acids is 1. The summed E-state index contributed by atoms with van der Waals surface area (Å²) in [6, 6.07) is 9.25. The van der Waals surface area contributed by atoms with Gasteiger partial charge in [-0.25, -0.2) is 0 Å². The average molecular weight is 368 g/mol. The Morgan fingerprint density at radius 2 is 2.22 bits per heavy atom. The number of ether oxygens (including phenoxy) is 1. The highest BCUT2D eigenvalue weighted by atomic mass is 16.6. The molecule has 138 valence electrons. The van der Waals surface area contributed by atoms with Crippen molar-refractivity contribution in [1.29, 1.82) is 0 Å². The molecule has 1 N–H and O–H groups in total. The Hall–Kier alpha value is -3.46. The third-order valence-corrected chi connectivity index (χ3v) is 4.55. The van der Waals surface area contributed by atoms with E-state index in [4.69, 9.17) is 9.15 Å². The quantitative estimate of drug-likeness (QED) is 0.528. The van der Waals surface area contributed by atoms with Crippen molar-refractivity contribution < 1.29 is 18.9 Å². The van der Waals surface area contributed by atoms with Gasteiger partial charge in [0.15, 0.2) is 11.5 Å². The SMILES string of the molecule is COCCN1C(=O)c2n[nH]c(-c3ccco3)c2C1c1cccc([N+](=O)[O-])c1. The van der Waals surface area contributed by atoms with Crippen LogP contribution in [0.1, 0.15) is 27.7 Å². The van der Waals surface area contributed by atoms with Crippen LogP contribution in [-0.4, -0.2) is 46.2 Å². The number of nitro groups is 1. The number of nitrogens with one attached hydrogen (secondary N) is 1. The first-order chi connectivity index (χ1) is 13.1. The summed E-state index contributed by atoms with van der Waals surface area (Å²) < 4.78 is 10.6. The number of nitro benzene ring substituents is 1. The summed E-state index contributed by atoms with van der Waals surface area (Å²) in [5.74, 6) is 0.285. The molecule has 9 nitrogen and oxygen atoms in total. The van der Waals surface area contributed by atoms with Crippen LogP contribution in [0.15, 0.2) is 47.1 Å². The number of aromatic amines is 1. The molecule has 1 amide bonds. The van der Waals surface area contributed by atoms with Gasteiger partial charge in [0, 0.05) is 31.4 Å². The van der Waals surface area contributed by atoms with Crippen molar-refractivity contribution in [2.45, 2.75) is 6.04 Å². The van der Waals surface area contributed by atoms with Gasteiger partial charge in [-0.05, 0) is 17.7 Å². The highest BCUT2D eigenvalue weighted by Crippen LogP contribution is 2.43. The van der Waals surface area contributed by atoms with E-state index in [1.54, 1.807) is 36.3 Å². The number of carbonyl (C=O) groups is 1. The second-order valence-corrected chi connectivity index (χ2v) is 6.08. The highest BCUT2D eigenvalue weighted by molar-refractivity contribution is 6.00. The van der Waals surface area contributed by atoms with Crippen LogP contribution in [-0.2, 0) is 4.74 Å². The number of hydrogen-bond donors (Lipinski definition) is 1. The topological polar surface area (TPSA) is 114 Å². The third kappa shape index (κ3) is 2.77. The number of nitrogens with zero attached hydrogens (tertiary/aromatic N) is 3. The van der Waals surface area contributed by atoms with E-state index in [-0.39, 0.29) is 17.3 Å². The standard InChI is InChI=1S/C18H16N4O5/c1-26-9-7-21-17(11-4-2-5-12(10-11)22(24)25)14-15(13-6-3-8-27-13)19-20-16(14)18(21)23/h2-6,8,10,17H,7,9H2,1H3,(H,19,20). The predicted octanol–water partition coefficient (Wildman–Crippen LogP) is 2.77.